The molecule has 0 spiro atoms. The lowest BCUT2D eigenvalue weighted by molar-refractivity contribution is -0.122. The predicted octanol–water partition coefficient (Wildman–Crippen LogP) is 3.72. The van der Waals surface area contributed by atoms with Crippen molar-refractivity contribution in [3.8, 4) is 0 Å². The molecule has 1 aliphatic rings. The molecule has 0 heterocycles. The number of hydrogen-bond donors (Lipinski definition) is 2. The Labute approximate surface area is 131 Å². The highest BCUT2D eigenvalue weighted by atomic mass is 16.1. The molecule has 3 nitrogen and oxygen atoms in total. The molecule has 0 aliphatic heterocycles. The maximum absolute atomic E-state index is 12.2. The normalized spacial score (nSPS) is 19.2. The predicted molar refractivity (Wildman–Crippen MR) is 90.0 cm³/mol. The lowest BCUT2D eigenvalue weighted by Crippen LogP contribution is -2.38. The van der Waals surface area contributed by atoms with E-state index < -0.39 is 0 Å². The first-order valence-electron chi connectivity index (χ1n) is 8.83. The quantitative estimate of drug-likeness (QED) is 0.681. The third kappa shape index (κ3) is 6.82. The molecule has 3 N–H and O–H groups in total. The van der Waals surface area contributed by atoms with E-state index >= 15 is 0 Å². The topological polar surface area (TPSA) is 55.1 Å². The van der Waals surface area contributed by atoms with Gasteiger partial charge >= 0.3 is 0 Å². The molecule has 1 unspecified atom stereocenters. The molecule has 0 saturated heterocycles. The van der Waals surface area contributed by atoms with Crippen LogP contribution in [0, 0.1) is 23.2 Å². The first kappa shape index (κ1) is 18.5. The van der Waals surface area contributed by atoms with Gasteiger partial charge in [0.05, 0.1) is 0 Å². The van der Waals surface area contributed by atoms with E-state index in [0.717, 1.165) is 13.0 Å². The minimum absolute atomic E-state index is 0.195. The summed E-state index contributed by atoms with van der Waals surface area (Å²) < 4.78 is 0. The minimum Gasteiger partial charge on any atom is -0.356 e. The summed E-state index contributed by atoms with van der Waals surface area (Å²) in [4.78, 5) is 12.2. The Morgan fingerprint density at radius 3 is 2.24 bits per heavy atom. The average Bonchev–Trinajstić information content (AvgIpc) is 2.83. The summed E-state index contributed by atoms with van der Waals surface area (Å²) in [7, 11) is 0. The van der Waals surface area contributed by atoms with Gasteiger partial charge in [-0.25, -0.2) is 0 Å². The summed E-state index contributed by atoms with van der Waals surface area (Å²) in [6.45, 7) is 10.4. The van der Waals surface area contributed by atoms with Gasteiger partial charge in [-0.2, -0.15) is 0 Å². The smallest absolute Gasteiger partial charge is 0.220 e. The SMILES string of the molecule is CC(C)CC(CN)CC(=O)NCC1(CC(C)C)CCCC1. The van der Waals surface area contributed by atoms with Crippen LogP contribution in [0.15, 0.2) is 0 Å². The highest BCUT2D eigenvalue weighted by Crippen LogP contribution is 2.42. The summed E-state index contributed by atoms with van der Waals surface area (Å²) >= 11 is 0. The number of amides is 1. The molecule has 124 valence electrons. The molecular weight excluding hydrogens is 260 g/mol. The largest absolute Gasteiger partial charge is 0.356 e. The fraction of sp³-hybridized carbons (Fsp3) is 0.944. The van der Waals surface area contributed by atoms with Crippen LogP contribution >= 0.6 is 0 Å². The van der Waals surface area contributed by atoms with Crippen molar-refractivity contribution in [2.24, 2.45) is 28.9 Å². The number of hydrogen-bond acceptors (Lipinski definition) is 2. The van der Waals surface area contributed by atoms with Crippen molar-refractivity contribution in [3.63, 3.8) is 0 Å². The highest BCUT2D eigenvalue weighted by Gasteiger charge is 2.34. The molecule has 1 saturated carbocycles. The second-order valence-electron chi connectivity index (χ2n) is 8.02. The van der Waals surface area contributed by atoms with Crippen LogP contribution in [0.1, 0.15) is 72.6 Å². The molecule has 0 bridgehead atoms. The maximum Gasteiger partial charge on any atom is 0.220 e. The van der Waals surface area contributed by atoms with Crippen molar-refractivity contribution in [2.75, 3.05) is 13.1 Å². The van der Waals surface area contributed by atoms with Crippen LogP contribution in [0.4, 0.5) is 0 Å². The van der Waals surface area contributed by atoms with Gasteiger partial charge in [0.2, 0.25) is 5.91 Å². The molecule has 0 aromatic heterocycles. The molecule has 0 aromatic carbocycles. The van der Waals surface area contributed by atoms with E-state index in [1.807, 2.05) is 0 Å². The van der Waals surface area contributed by atoms with E-state index in [1.165, 1.54) is 32.1 Å². The van der Waals surface area contributed by atoms with E-state index in [4.69, 9.17) is 5.73 Å². The summed E-state index contributed by atoms with van der Waals surface area (Å²) in [6, 6.07) is 0. The molecule has 1 rings (SSSR count). The number of nitrogens with one attached hydrogen (secondary N) is 1. The number of carbonyl (C=O) groups is 1. The molecule has 0 radical (unpaired) electrons. The van der Waals surface area contributed by atoms with Crippen molar-refractivity contribution < 1.29 is 4.79 Å². The zero-order chi connectivity index (χ0) is 15.9. The van der Waals surface area contributed by atoms with Crippen molar-refractivity contribution in [2.45, 2.75) is 72.6 Å². The van der Waals surface area contributed by atoms with Crippen LogP contribution in [0.25, 0.3) is 0 Å². The van der Waals surface area contributed by atoms with Crippen LogP contribution in [-0.2, 0) is 4.79 Å². The van der Waals surface area contributed by atoms with E-state index in [-0.39, 0.29) is 5.91 Å². The summed E-state index contributed by atoms with van der Waals surface area (Å²) in [5.41, 5.74) is 6.16. The van der Waals surface area contributed by atoms with Gasteiger partial charge in [0.1, 0.15) is 0 Å². The van der Waals surface area contributed by atoms with Crippen molar-refractivity contribution in [1.82, 2.24) is 5.32 Å². The van der Waals surface area contributed by atoms with E-state index in [0.29, 0.717) is 36.1 Å². The lowest BCUT2D eigenvalue weighted by atomic mass is 9.78. The third-order valence-corrected chi connectivity index (χ3v) is 4.78. The Morgan fingerprint density at radius 1 is 1.14 bits per heavy atom. The molecular formula is C18H36N2O. The summed E-state index contributed by atoms with van der Waals surface area (Å²) in [6.07, 6.45) is 8.06. The fourth-order valence-corrected chi connectivity index (χ4v) is 3.99. The van der Waals surface area contributed by atoms with Gasteiger partial charge in [0.25, 0.3) is 0 Å². The Morgan fingerprint density at radius 2 is 1.76 bits per heavy atom. The average molecular weight is 296 g/mol. The van der Waals surface area contributed by atoms with Crippen molar-refractivity contribution in [3.05, 3.63) is 0 Å². The fourth-order valence-electron chi connectivity index (χ4n) is 3.99. The molecule has 1 amide bonds. The molecule has 21 heavy (non-hydrogen) atoms. The monoisotopic (exact) mass is 296 g/mol. The molecule has 1 fully saturated rings. The third-order valence-electron chi connectivity index (χ3n) is 4.78. The van der Waals surface area contributed by atoms with Crippen molar-refractivity contribution >= 4 is 5.91 Å². The molecule has 3 heteroatoms. The van der Waals surface area contributed by atoms with Crippen LogP contribution in [0.5, 0.6) is 0 Å². The van der Waals surface area contributed by atoms with Crippen LogP contribution in [-0.4, -0.2) is 19.0 Å². The maximum atomic E-state index is 12.2. The first-order chi connectivity index (χ1) is 9.87. The van der Waals surface area contributed by atoms with E-state index in [9.17, 15) is 4.79 Å². The summed E-state index contributed by atoms with van der Waals surface area (Å²) in [5, 5.41) is 3.21. The number of nitrogens with two attached hydrogens (primary N) is 1. The first-order valence-corrected chi connectivity index (χ1v) is 8.83. The zero-order valence-electron chi connectivity index (χ0n) is 14.6. The van der Waals surface area contributed by atoms with Crippen LogP contribution < -0.4 is 11.1 Å². The van der Waals surface area contributed by atoms with Gasteiger partial charge in [-0.05, 0) is 55.4 Å². The van der Waals surface area contributed by atoms with Gasteiger partial charge in [0, 0.05) is 13.0 Å². The summed E-state index contributed by atoms with van der Waals surface area (Å²) in [5.74, 6) is 1.84. The Bertz CT molecular complexity index is 306. The molecule has 1 atom stereocenters. The standard InChI is InChI=1S/C18H36N2O/c1-14(2)9-16(12-19)10-17(21)20-13-18(11-15(3)4)7-5-6-8-18/h14-16H,5-13,19H2,1-4H3,(H,20,21). The Balaban J connectivity index is 2.42. The zero-order valence-corrected chi connectivity index (χ0v) is 14.6. The lowest BCUT2D eigenvalue weighted by Gasteiger charge is -2.31. The van der Waals surface area contributed by atoms with Gasteiger partial charge in [-0.3, -0.25) is 4.79 Å². The van der Waals surface area contributed by atoms with Gasteiger partial charge in [-0.1, -0.05) is 40.5 Å². The highest BCUT2D eigenvalue weighted by molar-refractivity contribution is 5.76. The van der Waals surface area contributed by atoms with Crippen LogP contribution in [0.3, 0.4) is 0 Å². The van der Waals surface area contributed by atoms with E-state index in [2.05, 4.69) is 33.0 Å². The van der Waals surface area contributed by atoms with Gasteiger partial charge in [-0.15, -0.1) is 0 Å². The van der Waals surface area contributed by atoms with E-state index in [1.54, 1.807) is 0 Å². The second kappa shape index (κ2) is 8.77. The number of rotatable bonds is 9. The van der Waals surface area contributed by atoms with Crippen molar-refractivity contribution in [1.29, 1.82) is 0 Å². The van der Waals surface area contributed by atoms with Gasteiger partial charge < -0.3 is 11.1 Å². The van der Waals surface area contributed by atoms with Crippen LogP contribution in [0.2, 0.25) is 0 Å². The number of carbonyl (C=O) groups excluding carboxylic acids is 1. The molecule has 1 aliphatic carbocycles. The minimum atomic E-state index is 0.195. The Hall–Kier alpha value is -0.570. The Kier molecular flexibility index (Phi) is 7.72. The van der Waals surface area contributed by atoms with Gasteiger partial charge in [0.15, 0.2) is 0 Å². The second-order valence-corrected chi connectivity index (χ2v) is 8.02. The molecule has 0 aromatic rings.